The maximum absolute atomic E-state index is 13.1. The molecule has 8 nitrogen and oxygen atoms in total. The van der Waals surface area contributed by atoms with Gasteiger partial charge in [-0.15, -0.1) is 10.2 Å². The van der Waals surface area contributed by atoms with Crippen LogP contribution in [0.4, 0.5) is 0 Å². The molecule has 0 spiro atoms. The average molecular weight is 431 g/mol. The summed E-state index contributed by atoms with van der Waals surface area (Å²) in [6.45, 7) is 4.23. The van der Waals surface area contributed by atoms with Crippen LogP contribution in [0.2, 0.25) is 5.02 Å². The molecule has 0 radical (unpaired) electrons. The van der Waals surface area contributed by atoms with Crippen molar-refractivity contribution in [2.45, 2.75) is 45.1 Å². The molecule has 0 bridgehead atoms. The lowest BCUT2D eigenvalue weighted by molar-refractivity contribution is -0.144. The Balaban J connectivity index is 1.39. The Hall–Kier alpha value is -2.48. The summed E-state index contributed by atoms with van der Waals surface area (Å²) in [7, 11) is 0. The number of carbonyl (C=O) groups is 2. The second kappa shape index (κ2) is 9.12. The Bertz CT molecular complexity index is 885. The molecule has 2 aromatic rings. The number of piperazine rings is 1. The lowest BCUT2D eigenvalue weighted by Gasteiger charge is -2.37. The second-order valence-electron chi connectivity index (χ2n) is 8.00. The minimum absolute atomic E-state index is 0.0227. The molecule has 2 fully saturated rings. The summed E-state index contributed by atoms with van der Waals surface area (Å²) in [5.41, 5.74) is 0.798. The van der Waals surface area contributed by atoms with Crippen molar-refractivity contribution in [1.29, 1.82) is 0 Å². The molecule has 1 aliphatic carbocycles. The molecule has 4 rings (SSSR count). The zero-order valence-electron chi connectivity index (χ0n) is 17.2. The number of aromatic nitrogens is 4. The van der Waals surface area contributed by atoms with E-state index in [2.05, 4.69) is 15.4 Å². The number of carbonyl (C=O) groups excluding carboxylic acids is 2. The number of hydrogen-bond acceptors (Lipinski definition) is 5. The zero-order valence-corrected chi connectivity index (χ0v) is 18.0. The van der Waals surface area contributed by atoms with Gasteiger partial charge in [0.1, 0.15) is 0 Å². The van der Waals surface area contributed by atoms with Gasteiger partial charge in [0.15, 0.2) is 6.04 Å². The highest BCUT2D eigenvalue weighted by atomic mass is 35.5. The lowest BCUT2D eigenvalue weighted by atomic mass is 10.1. The molecule has 1 aromatic carbocycles. The van der Waals surface area contributed by atoms with E-state index in [0.717, 1.165) is 31.2 Å². The van der Waals surface area contributed by atoms with Crippen molar-refractivity contribution < 1.29 is 9.59 Å². The van der Waals surface area contributed by atoms with Crippen LogP contribution in [-0.2, 0) is 9.59 Å². The smallest absolute Gasteiger partial charge is 0.249 e. The molecule has 2 aliphatic rings. The van der Waals surface area contributed by atoms with Crippen LogP contribution in [0.25, 0.3) is 11.4 Å². The van der Waals surface area contributed by atoms with E-state index in [0.29, 0.717) is 43.4 Å². The Morgan fingerprint density at radius 3 is 2.33 bits per heavy atom. The predicted octanol–water partition coefficient (Wildman–Crippen LogP) is 2.81. The van der Waals surface area contributed by atoms with Crippen molar-refractivity contribution in [3.8, 4) is 11.4 Å². The van der Waals surface area contributed by atoms with Gasteiger partial charge in [0.05, 0.1) is 0 Å². The molecule has 1 unspecified atom stereocenters. The van der Waals surface area contributed by atoms with E-state index in [1.54, 1.807) is 12.1 Å². The molecule has 9 heteroatoms. The third kappa shape index (κ3) is 4.33. The first-order valence-corrected chi connectivity index (χ1v) is 11.1. The number of nitrogens with zero attached hydrogens (tertiary/aromatic N) is 6. The Morgan fingerprint density at radius 1 is 1.07 bits per heavy atom. The molecule has 1 aromatic heterocycles. The first kappa shape index (κ1) is 20.8. The van der Waals surface area contributed by atoms with E-state index in [4.69, 9.17) is 11.6 Å². The van der Waals surface area contributed by atoms with Crippen molar-refractivity contribution >= 4 is 23.4 Å². The van der Waals surface area contributed by atoms with E-state index in [-0.39, 0.29) is 17.7 Å². The van der Waals surface area contributed by atoms with Gasteiger partial charge in [0, 0.05) is 42.7 Å². The summed E-state index contributed by atoms with van der Waals surface area (Å²) in [5.74, 6) is 0.883. The predicted molar refractivity (Wildman–Crippen MR) is 113 cm³/mol. The number of benzene rings is 1. The van der Waals surface area contributed by atoms with Crippen LogP contribution in [0.15, 0.2) is 24.3 Å². The van der Waals surface area contributed by atoms with Gasteiger partial charge in [0.25, 0.3) is 0 Å². The van der Waals surface area contributed by atoms with Crippen LogP contribution in [0.5, 0.6) is 0 Å². The molecule has 0 N–H and O–H groups in total. The summed E-state index contributed by atoms with van der Waals surface area (Å²) >= 11 is 5.94. The fourth-order valence-electron chi connectivity index (χ4n) is 4.30. The molecule has 1 saturated heterocycles. The lowest BCUT2D eigenvalue weighted by Crippen LogP contribution is -2.53. The van der Waals surface area contributed by atoms with Gasteiger partial charge in [-0.2, -0.15) is 4.80 Å². The van der Waals surface area contributed by atoms with Gasteiger partial charge in [0.2, 0.25) is 17.6 Å². The van der Waals surface area contributed by atoms with Crippen molar-refractivity contribution in [1.82, 2.24) is 30.0 Å². The number of rotatable bonds is 5. The first-order chi connectivity index (χ1) is 14.6. The van der Waals surface area contributed by atoms with Gasteiger partial charge < -0.3 is 9.80 Å². The SMILES string of the molecule is CCC(C(=O)N1CCN(C(=O)C2CCCC2)CC1)n1nnc(-c2ccc(Cl)cc2)n1. The molecule has 30 heavy (non-hydrogen) atoms. The molecule has 2 amide bonds. The van der Waals surface area contributed by atoms with E-state index in [9.17, 15) is 9.59 Å². The van der Waals surface area contributed by atoms with Crippen molar-refractivity contribution in [2.75, 3.05) is 26.2 Å². The number of hydrogen-bond donors (Lipinski definition) is 0. The minimum Gasteiger partial charge on any atom is -0.339 e. The Morgan fingerprint density at radius 2 is 1.70 bits per heavy atom. The summed E-state index contributed by atoms with van der Waals surface area (Å²) in [4.78, 5) is 30.9. The van der Waals surface area contributed by atoms with Gasteiger partial charge >= 0.3 is 0 Å². The highest BCUT2D eigenvalue weighted by Crippen LogP contribution is 2.27. The Labute approximate surface area is 181 Å². The van der Waals surface area contributed by atoms with Gasteiger partial charge in [-0.25, -0.2) is 0 Å². The van der Waals surface area contributed by atoms with Crippen LogP contribution in [0, 0.1) is 5.92 Å². The van der Waals surface area contributed by atoms with Crippen LogP contribution in [-0.4, -0.2) is 68.0 Å². The number of halogens is 1. The minimum atomic E-state index is -0.504. The second-order valence-corrected chi connectivity index (χ2v) is 8.43. The summed E-state index contributed by atoms with van der Waals surface area (Å²) in [6, 6.07) is 6.69. The van der Waals surface area contributed by atoms with Gasteiger partial charge in [-0.1, -0.05) is 31.4 Å². The number of tetrazole rings is 1. The standard InChI is InChI=1S/C21H27ClN6O2/c1-2-18(28-24-19(23-25-28)15-7-9-17(22)10-8-15)21(30)27-13-11-26(12-14-27)20(29)16-5-3-4-6-16/h7-10,16,18H,2-6,11-14H2,1H3. The van der Waals surface area contributed by atoms with Crippen LogP contribution in [0.3, 0.4) is 0 Å². The molecule has 1 atom stereocenters. The van der Waals surface area contributed by atoms with Crippen LogP contribution in [0.1, 0.15) is 45.1 Å². The van der Waals surface area contributed by atoms with Crippen molar-refractivity contribution in [3.05, 3.63) is 29.3 Å². The molecule has 1 aliphatic heterocycles. The van der Waals surface area contributed by atoms with E-state index in [1.165, 1.54) is 4.80 Å². The zero-order chi connectivity index (χ0) is 21.1. The average Bonchev–Trinajstić information content (AvgIpc) is 3.47. The topological polar surface area (TPSA) is 84.2 Å². The molecule has 2 heterocycles. The highest BCUT2D eigenvalue weighted by molar-refractivity contribution is 6.30. The van der Waals surface area contributed by atoms with Crippen LogP contribution < -0.4 is 0 Å². The van der Waals surface area contributed by atoms with E-state index >= 15 is 0 Å². The third-order valence-corrected chi connectivity index (χ3v) is 6.34. The van der Waals surface area contributed by atoms with E-state index < -0.39 is 6.04 Å². The van der Waals surface area contributed by atoms with Crippen molar-refractivity contribution in [2.24, 2.45) is 5.92 Å². The number of amides is 2. The van der Waals surface area contributed by atoms with E-state index in [1.807, 2.05) is 28.9 Å². The van der Waals surface area contributed by atoms with Gasteiger partial charge in [-0.05, 0) is 48.7 Å². The van der Waals surface area contributed by atoms with Crippen molar-refractivity contribution in [3.63, 3.8) is 0 Å². The normalized spacial score (nSPS) is 18.6. The first-order valence-electron chi connectivity index (χ1n) is 10.7. The fourth-order valence-corrected chi connectivity index (χ4v) is 4.42. The van der Waals surface area contributed by atoms with Gasteiger partial charge in [-0.3, -0.25) is 9.59 Å². The van der Waals surface area contributed by atoms with Crippen LogP contribution >= 0.6 is 11.6 Å². The largest absolute Gasteiger partial charge is 0.339 e. The third-order valence-electron chi connectivity index (χ3n) is 6.09. The Kier molecular flexibility index (Phi) is 6.32. The molecule has 1 saturated carbocycles. The monoisotopic (exact) mass is 430 g/mol. The fraction of sp³-hybridized carbons (Fsp3) is 0.571. The molecule has 160 valence electrons. The molecular formula is C21H27ClN6O2. The summed E-state index contributed by atoms with van der Waals surface area (Å²) in [6.07, 6.45) is 4.87. The maximum Gasteiger partial charge on any atom is 0.249 e. The highest BCUT2D eigenvalue weighted by Gasteiger charge is 2.33. The maximum atomic E-state index is 13.1. The summed E-state index contributed by atoms with van der Waals surface area (Å²) in [5, 5.41) is 13.3. The summed E-state index contributed by atoms with van der Waals surface area (Å²) < 4.78 is 0. The molecular weight excluding hydrogens is 404 g/mol. The quantitative estimate of drug-likeness (QED) is 0.728.